The van der Waals surface area contributed by atoms with Crippen molar-refractivity contribution in [1.29, 1.82) is 0 Å². The van der Waals surface area contributed by atoms with Crippen LogP contribution in [0.3, 0.4) is 0 Å². The Morgan fingerprint density at radius 3 is 2.52 bits per heavy atom. The normalized spacial score (nSPS) is 21.3. The second-order valence-electron chi connectivity index (χ2n) is 8.21. The van der Waals surface area contributed by atoms with Crippen LogP contribution in [-0.4, -0.2) is 78.1 Å². The fraction of sp³-hybridized carbons (Fsp3) is 0.619. The molecule has 0 aromatic heterocycles. The third-order valence-electron chi connectivity index (χ3n) is 6.29. The van der Waals surface area contributed by atoms with E-state index in [-0.39, 0.29) is 17.7 Å². The van der Waals surface area contributed by atoms with Crippen molar-refractivity contribution in [2.75, 3.05) is 39.3 Å². The number of likely N-dealkylation sites (tertiary alicyclic amines) is 1. The van der Waals surface area contributed by atoms with Gasteiger partial charge in [0.05, 0.1) is 13.1 Å². The third kappa shape index (κ3) is 4.32. The molecule has 0 atom stereocenters. The molecule has 3 fully saturated rings. The third-order valence-corrected chi connectivity index (χ3v) is 6.29. The van der Waals surface area contributed by atoms with Gasteiger partial charge in [0, 0.05) is 43.3 Å². The van der Waals surface area contributed by atoms with Crippen LogP contribution in [0.5, 0.6) is 5.75 Å². The average Bonchev–Trinajstić information content (AvgIpc) is 2.88. The monoisotopic (exact) mass is 404 g/mol. The molecule has 1 aliphatic carbocycles. The summed E-state index contributed by atoms with van der Waals surface area (Å²) in [7, 11) is 0. The number of hydrogen-bond donors (Lipinski definition) is 1. The number of urea groups is 1. The highest BCUT2D eigenvalue weighted by molar-refractivity contribution is 5.93. The Kier molecular flexibility index (Phi) is 5.89. The molecule has 0 unspecified atom stereocenters. The van der Waals surface area contributed by atoms with Gasteiger partial charge in [-0.1, -0.05) is 6.42 Å². The highest BCUT2D eigenvalue weighted by Gasteiger charge is 2.36. The predicted molar refractivity (Wildman–Crippen MR) is 107 cm³/mol. The maximum Gasteiger partial charge on any atom is 0.320 e. The van der Waals surface area contributed by atoms with Gasteiger partial charge in [0.25, 0.3) is 0 Å². The van der Waals surface area contributed by atoms with Crippen LogP contribution >= 0.6 is 0 Å². The number of carbonyl (C=O) groups is 2. The van der Waals surface area contributed by atoms with E-state index in [0.717, 1.165) is 38.6 Å². The minimum absolute atomic E-state index is 0.0649. The number of nitrogens with zero attached hydrogens (tertiary/aromatic N) is 3. The summed E-state index contributed by atoms with van der Waals surface area (Å²) in [5, 5.41) is 0. The minimum Gasteiger partial charge on any atom is -0.486 e. The molecule has 158 valence electrons. The number of benzene rings is 1. The van der Waals surface area contributed by atoms with Gasteiger partial charge < -0.3 is 20.3 Å². The van der Waals surface area contributed by atoms with Crippen molar-refractivity contribution in [2.45, 2.75) is 44.5 Å². The number of halogens is 1. The standard InChI is InChI=1S/C21H29FN4O3/c22-12-16-11-15(20(23)27)5-6-19(16)29-18-13-26(14-18)21(28)25-8-2-7-24(9-10-25)17-3-1-4-17/h5-6,11,17-18H,1-4,7-10,12-14H2,(H2,23,27). The summed E-state index contributed by atoms with van der Waals surface area (Å²) >= 11 is 0. The van der Waals surface area contributed by atoms with Gasteiger partial charge in [-0.15, -0.1) is 0 Å². The lowest BCUT2D eigenvalue weighted by Crippen LogP contribution is -2.60. The number of amides is 3. The molecule has 2 heterocycles. The minimum atomic E-state index is -0.739. The Balaban J connectivity index is 1.27. The molecule has 7 nitrogen and oxygen atoms in total. The van der Waals surface area contributed by atoms with Crippen LogP contribution in [0.1, 0.15) is 41.6 Å². The summed E-state index contributed by atoms with van der Waals surface area (Å²) in [6, 6.07) is 5.31. The van der Waals surface area contributed by atoms with Crippen LogP contribution < -0.4 is 10.5 Å². The van der Waals surface area contributed by atoms with Crippen molar-refractivity contribution >= 4 is 11.9 Å². The Labute approximate surface area is 170 Å². The molecule has 0 radical (unpaired) electrons. The van der Waals surface area contributed by atoms with Gasteiger partial charge in [0.15, 0.2) is 0 Å². The van der Waals surface area contributed by atoms with Gasteiger partial charge >= 0.3 is 6.03 Å². The quantitative estimate of drug-likeness (QED) is 0.814. The van der Waals surface area contributed by atoms with Crippen molar-refractivity contribution in [3.05, 3.63) is 29.3 Å². The highest BCUT2D eigenvalue weighted by atomic mass is 19.1. The molecular formula is C21H29FN4O3. The van der Waals surface area contributed by atoms with Gasteiger partial charge in [-0.2, -0.15) is 0 Å². The lowest BCUT2D eigenvalue weighted by Gasteiger charge is -2.41. The molecule has 2 N–H and O–H groups in total. The molecule has 29 heavy (non-hydrogen) atoms. The Bertz CT molecular complexity index is 764. The Morgan fingerprint density at radius 2 is 1.86 bits per heavy atom. The molecule has 0 bridgehead atoms. The fourth-order valence-electron chi connectivity index (χ4n) is 4.25. The van der Waals surface area contributed by atoms with Crippen LogP contribution in [0, 0.1) is 0 Å². The summed E-state index contributed by atoms with van der Waals surface area (Å²) in [6.45, 7) is 3.85. The number of nitrogens with two attached hydrogens (primary N) is 1. The Morgan fingerprint density at radius 1 is 1.07 bits per heavy atom. The smallest absolute Gasteiger partial charge is 0.320 e. The second-order valence-corrected chi connectivity index (χ2v) is 8.21. The van der Waals surface area contributed by atoms with Gasteiger partial charge in [0.1, 0.15) is 18.5 Å². The second kappa shape index (κ2) is 8.57. The number of carbonyl (C=O) groups excluding carboxylic acids is 2. The first-order valence-corrected chi connectivity index (χ1v) is 10.5. The van der Waals surface area contributed by atoms with Crippen LogP contribution in [0.2, 0.25) is 0 Å². The summed E-state index contributed by atoms with van der Waals surface area (Å²) in [5.74, 6) is -0.194. The molecule has 1 aromatic rings. The molecule has 8 heteroatoms. The molecular weight excluding hydrogens is 375 g/mol. The van der Waals surface area contributed by atoms with E-state index in [2.05, 4.69) is 4.90 Å². The van der Waals surface area contributed by atoms with Gasteiger partial charge in [0.2, 0.25) is 5.91 Å². The number of ether oxygens (including phenoxy) is 1. The summed E-state index contributed by atoms with van der Waals surface area (Å²) < 4.78 is 19.2. The zero-order valence-corrected chi connectivity index (χ0v) is 16.7. The molecule has 1 aromatic carbocycles. The lowest BCUT2D eigenvalue weighted by atomic mass is 9.91. The summed E-state index contributed by atoms with van der Waals surface area (Å²) in [5.41, 5.74) is 5.80. The summed E-state index contributed by atoms with van der Waals surface area (Å²) in [4.78, 5) is 30.3. The molecule has 1 saturated carbocycles. The van der Waals surface area contributed by atoms with E-state index in [1.807, 2.05) is 4.90 Å². The van der Waals surface area contributed by atoms with Gasteiger partial charge in [-0.05, 0) is 37.5 Å². The largest absolute Gasteiger partial charge is 0.486 e. The zero-order valence-electron chi connectivity index (χ0n) is 16.7. The molecule has 4 rings (SSSR count). The first kappa shape index (κ1) is 19.9. The number of alkyl halides is 1. The number of hydrogen-bond acceptors (Lipinski definition) is 4. The molecule has 3 aliphatic rings. The first-order valence-electron chi connectivity index (χ1n) is 10.5. The zero-order chi connectivity index (χ0) is 20.4. The SMILES string of the molecule is NC(=O)c1ccc(OC2CN(C(=O)N3CCCN(C4CCC4)CC3)C2)c(CF)c1. The molecule has 2 saturated heterocycles. The van der Waals surface area contributed by atoms with E-state index >= 15 is 0 Å². The number of rotatable bonds is 5. The maximum absolute atomic E-state index is 13.3. The molecule has 3 amide bonds. The van der Waals surface area contributed by atoms with E-state index in [1.165, 1.54) is 31.4 Å². The fourth-order valence-corrected chi connectivity index (χ4v) is 4.25. The van der Waals surface area contributed by atoms with E-state index in [4.69, 9.17) is 10.5 Å². The number of primary amides is 1. The van der Waals surface area contributed by atoms with E-state index in [1.54, 1.807) is 11.0 Å². The van der Waals surface area contributed by atoms with Crippen molar-refractivity contribution in [3.8, 4) is 5.75 Å². The summed E-state index contributed by atoms with van der Waals surface area (Å²) in [6.07, 6.45) is 4.76. The Hall–Kier alpha value is -2.35. The molecule has 2 aliphatic heterocycles. The van der Waals surface area contributed by atoms with Crippen LogP contribution in [-0.2, 0) is 6.67 Å². The van der Waals surface area contributed by atoms with Crippen molar-refractivity contribution in [2.24, 2.45) is 5.73 Å². The first-order chi connectivity index (χ1) is 14.0. The van der Waals surface area contributed by atoms with Crippen LogP contribution in [0.15, 0.2) is 18.2 Å². The van der Waals surface area contributed by atoms with E-state index < -0.39 is 12.6 Å². The van der Waals surface area contributed by atoms with E-state index in [9.17, 15) is 14.0 Å². The average molecular weight is 404 g/mol. The van der Waals surface area contributed by atoms with Crippen LogP contribution in [0.25, 0.3) is 0 Å². The predicted octanol–water partition coefficient (Wildman–Crippen LogP) is 2.00. The highest BCUT2D eigenvalue weighted by Crippen LogP contribution is 2.27. The van der Waals surface area contributed by atoms with Crippen LogP contribution in [0.4, 0.5) is 9.18 Å². The molecule has 0 spiro atoms. The van der Waals surface area contributed by atoms with Gasteiger partial charge in [-0.25, -0.2) is 9.18 Å². The topological polar surface area (TPSA) is 79.1 Å². The van der Waals surface area contributed by atoms with Crippen molar-refractivity contribution in [3.63, 3.8) is 0 Å². The lowest BCUT2D eigenvalue weighted by molar-refractivity contribution is 0.0300. The van der Waals surface area contributed by atoms with Gasteiger partial charge in [-0.3, -0.25) is 9.69 Å². The maximum atomic E-state index is 13.3. The van der Waals surface area contributed by atoms with E-state index in [0.29, 0.717) is 24.4 Å². The van der Waals surface area contributed by atoms with Crippen molar-refractivity contribution in [1.82, 2.24) is 14.7 Å². The van der Waals surface area contributed by atoms with Crippen molar-refractivity contribution < 1.29 is 18.7 Å².